The van der Waals surface area contributed by atoms with Crippen LogP contribution in [0.5, 0.6) is 0 Å². The molecule has 0 aliphatic heterocycles. The van der Waals surface area contributed by atoms with E-state index in [2.05, 4.69) is 20.4 Å². The number of alkyl halides is 3. The summed E-state index contributed by atoms with van der Waals surface area (Å²) in [6.45, 7) is 6.33. The number of anilines is 1. The Morgan fingerprint density at radius 3 is 2.48 bits per heavy atom. The van der Waals surface area contributed by atoms with Crippen molar-refractivity contribution in [2.75, 3.05) is 11.9 Å². The first-order chi connectivity index (χ1) is 10.7. The quantitative estimate of drug-likeness (QED) is 0.910. The lowest BCUT2D eigenvalue weighted by molar-refractivity contribution is -0.141. The molecule has 0 aromatic carbocycles. The van der Waals surface area contributed by atoms with Crippen molar-refractivity contribution in [2.45, 2.75) is 33.4 Å². The van der Waals surface area contributed by atoms with Crippen molar-refractivity contribution in [3.63, 3.8) is 0 Å². The lowest BCUT2D eigenvalue weighted by atomic mass is 10.1. The molecule has 0 fully saturated rings. The Hall–Kier alpha value is -2.12. The van der Waals surface area contributed by atoms with E-state index in [1.54, 1.807) is 24.9 Å². The highest BCUT2D eigenvalue weighted by Crippen LogP contribution is 2.31. The van der Waals surface area contributed by atoms with Gasteiger partial charge in [-0.15, -0.1) is 0 Å². The lowest BCUT2D eigenvalue weighted by Gasteiger charge is -2.12. The van der Waals surface area contributed by atoms with Crippen molar-refractivity contribution >= 4 is 5.95 Å². The zero-order chi connectivity index (χ0) is 17.2. The Bertz CT molecular complexity index is 676. The van der Waals surface area contributed by atoms with Gasteiger partial charge in [-0.2, -0.15) is 18.3 Å². The molecule has 0 spiro atoms. The molecule has 0 unspecified atom stereocenters. The topological polar surface area (TPSA) is 55.6 Å². The molecule has 0 aliphatic carbocycles. The van der Waals surface area contributed by atoms with Gasteiger partial charge in [-0.05, 0) is 25.3 Å². The van der Waals surface area contributed by atoms with Gasteiger partial charge in [0.2, 0.25) is 5.95 Å². The van der Waals surface area contributed by atoms with E-state index in [9.17, 15) is 13.2 Å². The van der Waals surface area contributed by atoms with Gasteiger partial charge in [0.1, 0.15) is 0 Å². The van der Waals surface area contributed by atoms with Crippen LogP contribution in [0, 0.1) is 12.8 Å². The molecule has 2 aromatic rings. The molecular weight excluding hydrogens is 307 g/mol. The van der Waals surface area contributed by atoms with Gasteiger partial charge in [0.05, 0.1) is 11.4 Å². The van der Waals surface area contributed by atoms with Crippen LogP contribution in [0.15, 0.2) is 12.3 Å². The fourth-order valence-corrected chi connectivity index (χ4v) is 2.13. The summed E-state index contributed by atoms with van der Waals surface area (Å²) in [4.78, 5) is 7.80. The molecule has 1 N–H and O–H groups in total. The van der Waals surface area contributed by atoms with Crippen molar-refractivity contribution in [3.8, 4) is 11.3 Å². The van der Waals surface area contributed by atoms with E-state index in [-0.39, 0.29) is 11.6 Å². The average molecular weight is 327 g/mol. The maximum atomic E-state index is 13.1. The number of hydrogen-bond donors (Lipinski definition) is 1. The van der Waals surface area contributed by atoms with Crippen LogP contribution in [0.25, 0.3) is 11.3 Å². The van der Waals surface area contributed by atoms with Crippen molar-refractivity contribution in [2.24, 2.45) is 13.0 Å². The molecule has 0 atom stereocenters. The molecule has 0 amide bonds. The van der Waals surface area contributed by atoms with E-state index < -0.39 is 11.9 Å². The Labute approximate surface area is 133 Å². The van der Waals surface area contributed by atoms with E-state index in [0.717, 1.165) is 12.5 Å². The second-order valence-corrected chi connectivity index (χ2v) is 5.87. The smallest absolute Gasteiger partial charge is 0.354 e. The van der Waals surface area contributed by atoms with E-state index in [4.69, 9.17) is 0 Å². The van der Waals surface area contributed by atoms with E-state index in [1.807, 2.05) is 13.8 Å². The minimum atomic E-state index is -4.53. The summed E-state index contributed by atoms with van der Waals surface area (Å²) in [7, 11) is 1.71. The number of aromatic nitrogens is 4. The second kappa shape index (κ2) is 6.55. The lowest BCUT2D eigenvalue weighted by Crippen LogP contribution is -2.14. The molecular formula is C15H20F3N5. The number of aryl methyl sites for hydroxylation is 2. The first kappa shape index (κ1) is 17.2. The second-order valence-electron chi connectivity index (χ2n) is 5.87. The van der Waals surface area contributed by atoms with E-state index >= 15 is 0 Å². The Balaban J connectivity index is 2.39. The third-order valence-electron chi connectivity index (χ3n) is 3.31. The molecule has 0 aliphatic rings. The van der Waals surface area contributed by atoms with Gasteiger partial charge in [0, 0.05) is 25.4 Å². The fraction of sp³-hybridized carbons (Fsp3) is 0.533. The molecule has 8 heteroatoms. The zero-order valence-electron chi connectivity index (χ0n) is 13.6. The maximum Gasteiger partial charge on any atom is 0.433 e. The number of nitrogens with zero attached hydrogens (tertiary/aromatic N) is 4. The van der Waals surface area contributed by atoms with Gasteiger partial charge in [-0.25, -0.2) is 9.97 Å². The van der Waals surface area contributed by atoms with Crippen molar-refractivity contribution < 1.29 is 13.2 Å². The van der Waals surface area contributed by atoms with Gasteiger partial charge in [0.25, 0.3) is 0 Å². The van der Waals surface area contributed by atoms with Crippen LogP contribution in [-0.4, -0.2) is 26.3 Å². The summed E-state index contributed by atoms with van der Waals surface area (Å²) < 4.78 is 40.8. The highest BCUT2D eigenvalue weighted by atomic mass is 19.4. The van der Waals surface area contributed by atoms with Gasteiger partial charge in [-0.3, -0.25) is 4.68 Å². The summed E-state index contributed by atoms with van der Waals surface area (Å²) in [5, 5.41) is 7.02. The Morgan fingerprint density at radius 1 is 1.26 bits per heavy atom. The maximum absolute atomic E-state index is 13.1. The minimum absolute atomic E-state index is 0.0151. The van der Waals surface area contributed by atoms with Gasteiger partial charge in [0.15, 0.2) is 5.69 Å². The van der Waals surface area contributed by atoms with Crippen LogP contribution in [0.2, 0.25) is 0 Å². The normalized spacial score (nSPS) is 12.0. The fourth-order valence-electron chi connectivity index (χ4n) is 2.13. The van der Waals surface area contributed by atoms with Crippen molar-refractivity contribution in [1.29, 1.82) is 0 Å². The first-order valence-corrected chi connectivity index (χ1v) is 7.37. The molecule has 0 saturated carbocycles. The summed E-state index contributed by atoms with van der Waals surface area (Å²) >= 11 is 0. The molecule has 2 aromatic heterocycles. The largest absolute Gasteiger partial charge is 0.433 e. The summed E-state index contributed by atoms with van der Waals surface area (Å²) in [6.07, 6.45) is -2.06. The molecule has 23 heavy (non-hydrogen) atoms. The summed E-state index contributed by atoms with van der Waals surface area (Å²) in [5.41, 5.74) is 0.433. The SMILES string of the molecule is Cc1nn(C)cc1-c1cc(C(F)(F)F)nc(NCCC(C)C)n1. The standard InChI is InChI=1S/C15H20F3N5/c1-9(2)5-6-19-14-20-12(7-13(21-14)15(16,17)18)11-8-23(4)22-10(11)3/h7-9H,5-6H2,1-4H3,(H,19,20,21). The van der Waals surface area contributed by atoms with Gasteiger partial charge in [-0.1, -0.05) is 13.8 Å². The third-order valence-corrected chi connectivity index (χ3v) is 3.31. The van der Waals surface area contributed by atoms with Gasteiger partial charge < -0.3 is 5.32 Å². The predicted octanol–water partition coefficient (Wildman–Crippen LogP) is 3.66. The molecule has 126 valence electrons. The van der Waals surface area contributed by atoms with Crippen LogP contribution in [0.1, 0.15) is 31.7 Å². The number of halogens is 3. The number of hydrogen-bond acceptors (Lipinski definition) is 4. The summed E-state index contributed by atoms with van der Waals surface area (Å²) in [6, 6.07) is 0.956. The average Bonchev–Trinajstić information content (AvgIpc) is 2.76. The van der Waals surface area contributed by atoms with E-state index in [1.165, 1.54) is 0 Å². The predicted molar refractivity (Wildman–Crippen MR) is 81.9 cm³/mol. The van der Waals surface area contributed by atoms with Crippen LogP contribution >= 0.6 is 0 Å². The molecule has 5 nitrogen and oxygen atoms in total. The number of nitrogens with one attached hydrogen (secondary N) is 1. The minimum Gasteiger partial charge on any atom is -0.354 e. The highest BCUT2D eigenvalue weighted by Gasteiger charge is 2.34. The first-order valence-electron chi connectivity index (χ1n) is 7.37. The van der Waals surface area contributed by atoms with Crippen LogP contribution in [0.4, 0.5) is 19.1 Å². The van der Waals surface area contributed by atoms with Crippen LogP contribution in [-0.2, 0) is 13.2 Å². The Morgan fingerprint density at radius 2 is 1.96 bits per heavy atom. The summed E-state index contributed by atoms with van der Waals surface area (Å²) in [5.74, 6) is 0.423. The Kier molecular flexibility index (Phi) is 4.91. The van der Waals surface area contributed by atoms with Gasteiger partial charge >= 0.3 is 6.18 Å². The van der Waals surface area contributed by atoms with Crippen LogP contribution < -0.4 is 5.32 Å². The zero-order valence-corrected chi connectivity index (χ0v) is 13.6. The highest BCUT2D eigenvalue weighted by molar-refractivity contribution is 5.62. The van der Waals surface area contributed by atoms with Crippen molar-refractivity contribution in [3.05, 3.63) is 23.7 Å². The van der Waals surface area contributed by atoms with Crippen LogP contribution in [0.3, 0.4) is 0 Å². The van der Waals surface area contributed by atoms with E-state index in [0.29, 0.717) is 23.7 Å². The molecule has 2 rings (SSSR count). The third kappa shape index (κ3) is 4.43. The monoisotopic (exact) mass is 327 g/mol. The molecule has 0 radical (unpaired) electrons. The number of rotatable bonds is 5. The molecule has 0 bridgehead atoms. The molecule has 0 saturated heterocycles. The van der Waals surface area contributed by atoms with Crippen molar-refractivity contribution in [1.82, 2.24) is 19.7 Å². The molecule has 2 heterocycles.